The smallest absolute Gasteiger partial charge is 0.242 e. The van der Waals surface area contributed by atoms with Crippen molar-refractivity contribution in [1.29, 1.82) is 0 Å². The Balaban J connectivity index is 2.93. The van der Waals surface area contributed by atoms with E-state index in [2.05, 4.69) is 4.72 Å². The third-order valence-electron chi connectivity index (χ3n) is 2.04. The number of thioether (sulfide) groups is 1. The molecule has 0 aliphatic heterocycles. The molecule has 0 amide bonds. The highest BCUT2D eigenvalue weighted by Crippen LogP contribution is 2.26. The molecule has 0 aliphatic carbocycles. The van der Waals surface area contributed by atoms with E-state index in [9.17, 15) is 8.42 Å². The maximum absolute atomic E-state index is 12.0. The summed E-state index contributed by atoms with van der Waals surface area (Å²) >= 11 is 3.00. The number of hydrogen-bond donors (Lipinski definition) is 2. The zero-order chi connectivity index (χ0) is 12.2. The molecule has 0 radical (unpaired) electrons. The molecule has 3 N–H and O–H groups in total. The fraction of sp³-hybridized carbons (Fsp3) is 0.556. The van der Waals surface area contributed by atoms with Gasteiger partial charge in [0, 0.05) is 23.7 Å². The Kier molecular flexibility index (Phi) is 5.26. The second kappa shape index (κ2) is 6.02. The van der Waals surface area contributed by atoms with Crippen molar-refractivity contribution >= 4 is 33.1 Å². The summed E-state index contributed by atoms with van der Waals surface area (Å²) in [5.74, 6) is 0.764. The monoisotopic (exact) mass is 280 g/mol. The van der Waals surface area contributed by atoms with E-state index >= 15 is 0 Å². The number of aryl methyl sites for hydroxylation is 1. The normalized spacial score (nSPS) is 11.9. The van der Waals surface area contributed by atoms with E-state index in [0.717, 1.165) is 11.3 Å². The predicted octanol–water partition coefficient (Wildman–Crippen LogP) is 1.16. The van der Waals surface area contributed by atoms with Gasteiger partial charge in [-0.05, 0) is 24.1 Å². The van der Waals surface area contributed by atoms with Crippen LogP contribution in [0.1, 0.15) is 10.4 Å². The molecule has 4 nitrogen and oxygen atoms in total. The lowest BCUT2D eigenvalue weighted by Gasteiger charge is -2.07. The molecule has 0 aliphatic rings. The van der Waals surface area contributed by atoms with E-state index in [0.29, 0.717) is 16.3 Å². The van der Waals surface area contributed by atoms with Gasteiger partial charge in [0.25, 0.3) is 0 Å². The Labute approximate surface area is 105 Å². The van der Waals surface area contributed by atoms with Gasteiger partial charge in [0.15, 0.2) is 0 Å². The standard InChI is InChI=1S/C9H16N2O2S3/c1-7-6-15-8(5-10)9(7)16(12,13)11-3-4-14-2/h6,11H,3-5,10H2,1-2H3. The first-order valence-corrected chi connectivity index (χ1v) is 8.54. The second-order valence-corrected chi connectivity index (χ2v) is 6.92. The van der Waals surface area contributed by atoms with Crippen molar-refractivity contribution in [3.8, 4) is 0 Å². The van der Waals surface area contributed by atoms with Crippen LogP contribution in [0.2, 0.25) is 0 Å². The van der Waals surface area contributed by atoms with Gasteiger partial charge in [-0.15, -0.1) is 11.3 Å². The highest BCUT2D eigenvalue weighted by molar-refractivity contribution is 7.98. The highest BCUT2D eigenvalue weighted by atomic mass is 32.2. The average molecular weight is 280 g/mol. The summed E-state index contributed by atoms with van der Waals surface area (Å²) in [5.41, 5.74) is 6.30. The number of nitrogens with one attached hydrogen (secondary N) is 1. The third-order valence-corrected chi connectivity index (χ3v) is 5.60. The van der Waals surface area contributed by atoms with Crippen molar-refractivity contribution in [2.24, 2.45) is 5.73 Å². The minimum absolute atomic E-state index is 0.261. The highest BCUT2D eigenvalue weighted by Gasteiger charge is 2.21. The molecule has 0 bridgehead atoms. The Morgan fingerprint density at radius 1 is 1.56 bits per heavy atom. The molecule has 1 aromatic heterocycles. The molecule has 0 saturated carbocycles. The molecule has 1 heterocycles. The summed E-state index contributed by atoms with van der Waals surface area (Å²) < 4.78 is 26.6. The van der Waals surface area contributed by atoms with Crippen molar-refractivity contribution in [2.75, 3.05) is 18.6 Å². The molecule has 0 atom stereocenters. The van der Waals surface area contributed by atoms with Gasteiger partial charge in [0.1, 0.15) is 4.90 Å². The molecule has 0 spiro atoms. The lowest BCUT2D eigenvalue weighted by molar-refractivity contribution is 0.583. The van der Waals surface area contributed by atoms with Crippen molar-refractivity contribution in [1.82, 2.24) is 4.72 Å². The summed E-state index contributed by atoms with van der Waals surface area (Å²) in [5, 5.41) is 1.82. The van der Waals surface area contributed by atoms with Crippen LogP contribution in [0.15, 0.2) is 10.3 Å². The van der Waals surface area contributed by atoms with E-state index < -0.39 is 10.0 Å². The molecule has 1 rings (SSSR count). The fourth-order valence-electron chi connectivity index (χ4n) is 1.34. The van der Waals surface area contributed by atoms with Crippen LogP contribution in [0.25, 0.3) is 0 Å². The molecule has 0 aromatic carbocycles. The van der Waals surface area contributed by atoms with Gasteiger partial charge in [-0.2, -0.15) is 11.8 Å². The number of rotatable bonds is 6. The molecule has 0 fully saturated rings. The van der Waals surface area contributed by atoms with E-state index in [-0.39, 0.29) is 6.54 Å². The number of thiophene rings is 1. The van der Waals surface area contributed by atoms with Crippen molar-refractivity contribution < 1.29 is 8.42 Å². The van der Waals surface area contributed by atoms with Crippen molar-refractivity contribution in [2.45, 2.75) is 18.4 Å². The number of nitrogens with two attached hydrogens (primary N) is 1. The van der Waals surface area contributed by atoms with Crippen LogP contribution >= 0.6 is 23.1 Å². The van der Waals surface area contributed by atoms with Crippen LogP contribution in [0, 0.1) is 6.92 Å². The van der Waals surface area contributed by atoms with Crippen molar-refractivity contribution in [3.63, 3.8) is 0 Å². The molecule has 92 valence electrons. The Bertz CT molecular complexity index is 440. The van der Waals surface area contributed by atoms with Gasteiger partial charge in [0.05, 0.1) is 0 Å². The van der Waals surface area contributed by atoms with E-state index in [1.165, 1.54) is 11.3 Å². The summed E-state index contributed by atoms with van der Waals surface area (Å²) in [7, 11) is -3.40. The molecule has 0 saturated heterocycles. The van der Waals surface area contributed by atoms with Gasteiger partial charge < -0.3 is 5.73 Å². The maximum atomic E-state index is 12.0. The van der Waals surface area contributed by atoms with E-state index in [1.807, 2.05) is 11.6 Å². The van der Waals surface area contributed by atoms with Crippen LogP contribution < -0.4 is 10.5 Å². The first-order valence-electron chi connectivity index (χ1n) is 4.78. The minimum atomic E-state index is -3.40. The molecule has 0 unspecified atom stereocenters. The largest absolute Gasteiger partial charge is 0.326 e. The summed E-state index contributed by atoms with van der Waals surface area (Å²) in [6, 6.07) is 0. The van der Waals surface area contributed by atoms with Crippen LogP contribution in [-0.2, 0) is 16.6 Å². The predicted molar refractivity (Wildman–Crippen MR) is 70.5 cm³/mol. The topological polar surface area (TPSA) is 72.2 Å². The van der Waals surface area contributed by atoms with Gasteiger partial charge in [-0.3, -0.25) is 0 Å². The molecular weight excluding hydrogens is 264 g/mol. The first kappa shape index (κ1) is 14.0. The van der Waals surface area contributed by atoms with E-state index in [4.69, 9.17) is 5.73 Å². The lowest BCUT2D eigenvalue weighted by atomic mass is 10.3. The lowest BCUT2D eigenvalue weighted by Crippen LogP contribution is -2.27. The van der Waals surface area contributed by atoms with Gasteiger partial charge in [0.2, 0.25) is 10.0 Å². The second-order valence-electron chi connectivity index (χ2n) is 3.27. The number of hydrogen-bond acceptors (Lipinski definition) is 5. The Morgan fingerprint density at radius 2 is 2.25 bits per heavy atom. The quantitative estimate of drug-likeness (QED) is 0.767. The summed E-state index contributed by atoms with van der Waals surface area (Å²) in [6.07, 6.45) is 1.94. The van der Waals surface area contributed by atoms with Crippen LogP contribution in [0.4, 0.5) is 0 Å². The molecule has 16 heavy (non-hydrogen) atoms. The van der Waals surface area contributed by atoms with Crippen LogP contribution in [-0.4, -0.2) is 27.0 Å². The Hall–Kier alpha value is -0.0800. The third kappa shape index (κ3) is 3.21. The SMILES string of the molecule is CSCCNS(=O)(=O)c1c(C)csc1CN. The Morgan fingerprint density at radius 3 is 2.81 bits per heavy atom. The van der Waals surface area contributed by atoms with Gasteiger partial charge in [-0.1, -0.05) is 0 Å². The summed E-state index contributed by atoms with van der Waals surface area (Å²) in [4.78, 5) is 1.08. The summed E-state index contributed by atoms with van der Waals surface area (Å²) in [6.45, 7) is 2.50. The van der Waals surface area contributed by atoms with Crippen LogP contribution in [0.3, 0.4) is 0 Å². The minimum Gasteiger partial charge on any atom is -0.326 e. The molecular formula is C9H16N2O2S3. The van der Waals surface area contributed by atoms with Crippen LogP contribution in [0.5, 0.6) is 0 Å². The van der Waals surface area contributed by atoms with Gasteiger partial charge in [-0.25, -0.2) is 13.1 Å². The molecule has 7 heteroatoms. The zero-order valence-corrected chi connectivity index (χ0v) is 11.8. The number of sulfonamides is 1. The average Bonchev–Trinajstić information content (AvgIpc) is 2.60. The fourth-order valence-corrected chi connectivity index (χ4v) is 4.50. The van der Waals surface area contributed by atoms with Gasteiger partial charge >= 0.3 is 0 Å². The zero-order valence-electron chi connectivity index (χ0n) is 9.32. The maximum Gasteiger partial charge on any atom is 0.242 e. The molecule has 1 aromatic rings. The first-order chi connectivity index (χ1) is 7.53. The van der Waals surface area contributed by atoms with E-state index in [1.54, 1.807) is 18.7 Å². The van der Waals surface area contributed by atoms with Crippen molar-refractivity contribution in [3.05, 3.63) is 15.8 Å².